The fraction of sp³-hybridized carbons (Fsp3) is 0.462. The highest BCUT2D eigenvalue weighted by Gasteiger charge is 2.29. The molecular weight excluding hydrogens is 266 g/mol. The highest BCUT2D eigenvalue weighted by atomic mass is 35.5. The third-order valence-corrected chi connectivity index (χ3v) is 3.86. The topological polar surface area (TPSA) is 92.6 Å². The number of rotatable bonds is 3. The second-order valence-electron chi connectivity index (χ2n) is 5.00. The molecule has 0 bridgehead atoms. The van der Waals surface area contributed by atoms with Gasteiger partial charge in [0.25, 0.3) is 5.91 Å². The maximum absolute atomic E-state index is 11.5. The van der Waals surface area contributed by atoms with Crippen molar-refractivity contribution >= 4 is 28.9 Å². The quantitative estimate of drug-likeness (QED) is 0.728. The first-order chi connectivity index (χ1) is 8.90. The molecule has 0 spiro atoms. The van der Waals surface area contributed by atoms with Gasteiger partial charge in [-0.2, -0.15) is 0 Å². The predicted octanol–water partition coefficient (Wildman–Crippen LogP) is 1.23. The number of hydrogen-bond donors (Lipinski definition) is 3. The number of amides is 1. The maximum atomic E-state index is 11.5. The van der Waals surface area contributed by atoms with Crippen LogP contribution in [0.15, 0.2) is 12.1 Å². The van der Waals surface area contributed by atoms with Gasteiger partial charge < -0.3 is 21.5 Å². The number of benzene rings is 1. The number of carbonyl (C=O) groups excluding carboxylic acids is 1. The van der Waals surface area contributed by atoms with Crippen LogP contribution in [0.3, 0.4) is 0 Å². The number of primary amides is 1. The fourth-order valence-corrected chi connectivity index (χ4v) is 2.86. The number of halogens is 1. The number of aliphatic hydroxyl groups is 1. The van der Waals surface area contributed by atoms with Gasteiger partial charge in [0.2, 0.25) is 0 Å². The minimum absolute atomic E-state index is 0.175. The second kappa shape index (κ2) is 5.27. The van der Waals surface area contributed by atoms with Gasteiger partial charge in [-0.05, 0) is 25.5 Å². The number of nitrogen functional groups attached to an aromatic ring is 1. The zero-order valence-electron chi connectivity index (χ0n) is 10.8. The molecule has 1 aliphatic rings. The van der Waals surface area contributed by atoms with E-state index in [-0.39, 0.29) is 12.0 Å². The van der Waals surface area contributed by atoms with Crippen LogP contribution in [0, 0.1) is 5.92 Å². The first-order valence-electron chi connectivity index (χ1n) is 6.22. The van der Waals surface area contributed by atoms with Crippen molar-refractivity contribution in [2.24, 2.45) is 11.7 Å². The lowest BCUT2D eigenvalue weighted by Gasteiger charge is -2.23. The van der Waals surface area contributed by atoms with Gasteiger partial charge in [0.1, 0.15) is 0 Å². The van der Waals surface area contributed by atoms with Gasteiger partial charge in [-0.3, -0.25) is 4.79 Å². The van der Waals surface area contributed by atoms with E-state index in [0.29, 0.717) is 28.5 Å². The minimum atomic E-state index is -0.551. The van der Waals surface area contributed by atoms with E-state index in [2.05, 4.69) is 0 Å². The van der Waals surface area contributed by atoms with E-state index in [9.17, 15) is 9.90 Å². The smallest absolute Gasteiger partial charge is 0.250 e. The van der Waals surface area contributed by atoms with Crippen molar-refractivity contribution in [3.63, 3.8) is 0 Å². The normalized spacial score (nSPS) is 20.6. The van der Waals surface area contributed by atoms with Crippen LogP contribution in [0.25, 0.3) is 0 Å². The van der Waals surface area contributed by atoms with Crippen LogP contribution >= 0.6 is 11.6 Å². The number of hydrogen-bond acceptors (Lipinski definition) is 4. The van der Waals surface area contributed by atoms with Crippen molar-refractivity contribution in [2.45, 2.75) is 19.4 Å². The van der Waals surface area contributed by atoms with Crippen molar-refractivity contribution in [1.29, 1.82) is 0 Å². The SMILES string of the molecule is CC(O)C1CCN(c2c(Cl)cc(N)cc2C(N)=O)C1. The minimum Gasteiger partial charge on any atom is -0.399 e. The Kier molecular flexibility index (Phi) is 3.87. The number of nitrogens with zero attached hydrogens (tertiary/aromatic N) is 1. The summed E-state index contributed by atoms with van der Waals surface area (Å²) in [5, 5.41) is 10.1. The Morgan fingerprint density at radius 2 is 2.26 bits per heavy atom. The number of carbonyl (C=O) groups is 1. The van der Waals surface area contributed by atoms with E-state index in [1.807, 2.05) is 4.90 Å². The number of nitrogens with two attached hydrogens (primary N) is 2. The molecule has 1 amide bonds. The Morgan fingerprint density at radius 1 is 1.58 bits per heavy atom. The molecule has 1 fully saturated rings. The van der Waals surface area contributed by atoms with Gasteiger partial charge in [-0.25, -0.2) is 0 Å². The van der Waals surface area contributed by atoms with Gasteiger partial charge in [-0.1, -0.05) is 11.6 Å². The Balaban J connectivity index is 2.37. The van der Waals surface area contributed by atoms with E-state index >= 15 is 0 Å². The summed E-state index contributed by atoms with van der Waals surface area (Å²) in [7, 11) is 0. The molecule has 0 aliphatic carbocycles. The zero-order chi connectivity index (χ0) is 14.2. The third kappa shape index (κ3) is 2.77. The van der Waals surface area contributed by atoms with Crippen molar-refractivity contribution in [3.05, 3.63) is 22.7 Å². The van der Waals surface area contributed by atoms with Crippen LogP contribution in [-0.4, -0.2) is 30.2 Å². The Morgan fingerprint density at radius 3 is 2.79 bits per heavy atom. The van der Waals surface area contributed by atoms with E-state index in [1.165, 1.54) is 0 Å². The summed E-state index contributed by atoms with van der Waals surface area (Å²) in [4.78, 5) is 13.5. The average molecular weight is 284 g/mol. The molecule has 1 aromatic carbocycles. The lowest BCUT2D eigenvalue weighted by Crippen LogP contribution is -2.27. The van der Waals surface area contributed by atoms with Crippen LogP contribution in [0.2, 0.25) is 5.02 Å². The molecule has 1 saturated heterocycles. The van der Waals surface area contributed by atoms with Gasteiger partial charge in [0.05, 0.1) is 22.4 Å². The summed E-state index contributed by atoms with van der Waals surface area (Å²) in [6, 6.07) is 3.15. The van der Waals surface area contributed by atoms with Crippen molar-refractivity contribution in [3.8, 4) is 0 Å². The molecule has 5 N–H and O–H groups in total. The van der Waals surface area contributed by atoms with Crippen molar-refractivity contribution < 1.29 is 9.90 Å². The van der Waals surface area contributed by atoms with Crippen LogP contribution in [-0.2, 0) is 0 Å². The molecule has 2 unspecified atom stereocenters. The van der Waals surface area contributed by atoms with E-state index in [1.54, 1.807) is 19.1 Å². The summed E-state index contributed by atoms with van der Waals surface area (Å²) < 4.78 is 0. The lowest BCUT2D eigenvalue weighted by molar-refractivity contribution is 0.100. The molecule has 104 valence electrons. The van der Waals surface area contributed by atoms with Gasteiger partial charge in [0.15, 0.2) is 0 Å². The standard InChI is InChI=1S/C13H18ClN3O2/c1-7(18)8-2-3-17(6-8)12-10(13(16)19)4-9(15)5-11(12)14/h4-5,7-8,18H,2-3,6,15H2,1H3,(H2,16,19). The summed E-state index contributed by atoms with van der Waals surface area (Å²) in [6.45, 7) is 3.16. The van der Waals surface area contributed by atoms with Crippen molar-refractivity contribution in [2.75, 3.05) is 23.7 Å². The fourth-order valence-electron chi connectivity index (χ4n) is 2.51. The molecule has 1 aliphatic heterocycles. The van der Waals surface area contributed by atoms with Gasteiger partial charge in [-0.15, -0.1) is 0 Å². The van der Waals surface area contributed by atoms with Crippen LogP contribution in [0.4, 0.5) is 11.4 Å². The summed E-state index contributed by atoms with van der Waals surface area (Å²) in [5.41, 5.74) is 12.4. The first kappa shape index (κ1) is 14.0. The Hall–Kier alpha value is -1.46. The van der Waals surface area contributed by atoms with Crippen molar-refractivity contribution in [1.82, 2.24) is 0 Å². The molecule has 5 nitrogen and oxygen atoms in total. The molecule has 0 radical (unpaired) electrons. The van der Waals surface area contributed by atoms with Crippen LogP contribution in [0.5, 0.6) is 0 Å². The third-order valence-electron chi connectivity index (χ3n) is 3.57. The average Bonchev–Trinajstić information content (AvgIpc) is 2.76. The van der Waals surface area contributed by atoms with E-state index in [4.69, 9.17) is 23.1 Å². The number of anilines is 2. The second-order valence-corrected chi connectivity index (χ2v) is 5.41. The summed E-state index contributed by atoms with van der Waals surface area (Å²) >= 11 is 6.19. The number of aliphatic hydroxyl groups excluding tert-OH is 1. The molecule has 2 rings (SSSR count). The summed E-state index contributed by atoms with van der Waals surface area (Å²) in [6.07, 6.45) is 0.478. The molecule has 0 aromatic heterocycles. The molecule has 1 aromatic rings. The summed E-state index contributed by atoms with van der Waals surface area (Å²) in [5.74, 6) is -0.376. The Labute approximate surface area is 117 Å². The zero-order valence-corrected chi connectivity index (χ0v) is 11.5. The highest BCUT2D eigenvalue weighted by molar-refractivity contribution is 6.34. The predicted molar refractivity (Wildman–Crippen MR) is 76.4 cm³/mol. The van der Waals surface area contributed by atoms with E-state index < -0.39 is 5.91 Å². The molecule has 1 heterocycles. The largest absolute Gasteiger partial charge is 0.399 e. The molecule has 19 heavy (non-hydrogen) atoms. The molecule has 6 heteroatoms. The van der Waals surface area contributed by atoms with Crippen LogP contribution < -0.4 is 16.4 Å². The highest BCUT2D eigenvalue weighted by Crippen LogP contribution is 2.36. The van der Waals surface area contributed by atoms with Gasteiger partial charge >= 0.3 is 0 Å². The molecule has 2 atom stereocenters. The maximum Gasteiger partial charge on any atom is 0.250 e. The first-order valence-corrected chi connectivity index (χ1v) is 6.59. The van der Waals surface area contributed by atoms with Gasteiger partial charge in [0, 0.05) is 24.7 Å². The Bertz CT molecular complexity index is 505. The molecular formula is C13H18ClN3O2. The molecule has 0 saturated carbocycles. The van der Waals surface area contributed by atoms with E-state index in [0.717, 1.165) is 13.0 Å². The lowest BCUT2D eigenvalue weighted by atomic mass is 10.0. The van der Waals surface area contributed by atoms with Crippen LogP contribution in [0.1, 0.15) is 23.7 Å². The monoisotopic (exact) mass is 283 g/mol.